The van der Waals surface area contributed by atoms with Gasteiger partial charge in [0, 0.05) is 24.9 Å². The predicted molar refractivity (Wildman–Crippen MR) is 67.5 cm³/mol. The first-order valence-corrected chi connectivity index (χ1v) is 5.66. The lowest BCUT2D eigenvalue weighted by atomic mass is 10.2. The highest BCUT2D eigenvalue weighted by Gasteiger charge is 2.09. The van der Waals surface area contributed by atoms with E-state index in [9.17, 15) is 4.79 Å². The SMILES string of the molecule is C[C@@H](NC(=O)/C=C\c1cnn(C)c1)c1ccco1. The molecule has 0 radical (unpaired) electrons. The Morgan fingerprint density at radius 2 is 2.44 bits per heavy atom. The molecule has 0 spiro atoms. The summed E-state index contributed by atoms with van der Waals surface area (Å²) in [5.74, 6) is 0.570. The van der Waals surface area contributed by atoms with Crippen molar-refractivity contribution >= 4 is 12.0 Å². The Morgan fingerprint density at radius 3 is 3.06 bits per heavy atom. The zero-order valence-corrected chi connectivity index (χ0v) is 10.3. The van der Waals surface area contributed by atoms with Gasteiger partial charge >= 0.3 is 0 Å². The smallest absolute Gasteiger partial charge is 0.244 e. The fourth-order valence-electron chi connectivity index (χ4n) is 1.57. The molecule has 2 aromatic rings. The second-order valence-electron chi connectivity index (χ2n) is 4.03. The first-order chi connectivity index (χ1) is 8.65. The summed E-state index contributed by atoms with van der Waals surface area (Å²) in [6.45, 7) is 1.87. The minimum Gasteiger partial charge on any atom is -0.467 e. The fraction of sp³-hybridized carbons (Fsp3) is 0.231. The number of amides is 1. The molecule has 0 unspecified atom stereocenters. The van der Waals surface area contributed by atoms with Crippen LogP contribution in [0.3, 0.4) is 0 Å². The van der Waals surface area contributed by atoms with E-state index in [2.05, 4.69) is 10.4 Å². The second-order valence-corrected chi connectivity index (χ2v) is 4.03. The molecule has 0 fully saturated rings. The molecule has 1 atom stereocenters. The molecule has 5 heteroatoms. The van der Waals surface area contributed by atoms with Crippen molar-refractivity contribution < 1.29 is 9.21 Å². The summed E-state index contributed by atoms with van der Waals surface area (Å²) in [6, 6.07) is 3.48. The Labute approximate surface area is 105 Å². The maximum atomic E-state index is 11.7. The van der Waals surface area contributed by atoms with Gasteiger partial charge in [-0.15, -0.1) is 0 Å². The Hall–Kier alpha value is -2.30. The summed E-state index contributed by atoms with van der Waals surface area (Å²) < 4.78 is 6.89. The van der Waals surface area contributed by atoms with Crippen LogP contribution in [-0.4, -0.2) is 15.7 Å². The van der Waals surface area contributed by atoms with Gasteiger partial charge in [-0.2, -0.15) is 5.10 Å². The van der Waals surface area contributed by atoms with E-state index in [4.69, 9.17) is 4.42 Å². The van der Waals surface area contributed by atoms with Crippen LogP contribution in [0.5, 0.6) is 0 Å². The van der Waals surface area contributed by atoms with Crippen molar-refractivity contribution in [2.45, 2.75) is 13.0 Å². The summed E-state index contributed by atoms with van der Waals surface area (Å²) in [5.41, 5.74) is 0.887. The number of aromatic nitrogens is 2. The summed E-state index contributed by atoms with van der Waals surface area (Å²) in [6.07, 6.45) is 8.32. The van der Waals surface area contributed by atoms with Crippen molar-refractivity contribution in [2.75, 3.05) is 0 Å². The van der Waals surface area contributed by atoms with Crippen LogP contribution in [0.4, 0.5) is 0 Å². The molecule has 2 rings (SSSR count). The maximum Gasteiger partial charge on any atom is 0.244 e. The van der Waals surface area contributed by atoms with Crippen molar-refractivity contribution in [3.05, 3.63) is 48.2 Å². The van der Waals surface area contributed by atoms with Gasteiger partial charge in [0.1, 0.15) is 5.76 Å². The van der Waals surface area contributed by atoms with Crippen LogP contribution < -0.4 is 5.32 Å². The van der Waals surface area contributed by atoms with Crippen LogP contribution in [0.1, 0.15) is 24.3 Å². The van der Waals surface area contributed by atoms with Crippen molar-refractivity contribution in [1.29, 1.82) is 0 Å². The van der Waals surface area contributed by atoms with Gasteiger partial charge in [0.2, 0.25) is 5.91 Å². The van der Waals surface area contributed by atoms with Gasteiger partial charge in [-0.3, -0.25) is 9.48 Å². The molecule has 0 aliphatic carbocycles. The number of nitrogens with zero attached hydrogens (tertiary/aromatic N) is 2. The standard InChI is InChI=1S/C13H15N3O2/c1-10(12-4-3-7-18-12)15-13(17)6-5-11-8-14-16(2)9-11/h3-10H,1-2H3,(H,15,17)/b6-5-/t10-/m1/s1. The highest BCUT2D eigenvalue weighted by molar-refractivity contribution is 5.91. The average Bonchev–Trinajstić information content (AvgIpc) is 2.97. The predicted octanol–water partition coefficient (Wildman–Crippen LogP) is 1.90. The molecule has 94 valence electrons. The minimum atomic E-state index is -0.164. The molecular weight excluding hydrogens is 230 g/mol. The van der Waals surface area contributed by atoms with Gasteiger partial charge in [0.25, 0.3) is 0 Å². The van der Waals surface area contributed by atoms with Crippen LogP contribution >= 0.6 is 0 Å². The van der Waals surface area contributed by atoms with E-state index in [0.717, 1.165) is 11.3 Å². The van der Waals surface area contributed by atoms with Gasteiger partial charge in [0.15, 0.2) is 0 Å². The summed E-state index contributed by atoms with van der Waals surface area (Å²) in [7, 11) is 1.83. The van der Waals surface area contributed by atoms with E-state index in [1.54, 1.807) is 29.3 Å². The Kier molecular flexibility index (Phi) is 3.62. The summed E-state index contributed by atoms with van der Waals surface area (Å²) in [5, 5.41) is 6.83. The van der Waals surface area contributed by atoms with Crippen LogP contribution in [0, 0.1) is 0 Å². The lowest BCUT2D eigenvalue weighted by Gasteiger charge is -2.08. The third kappa shape index (κ3) is 3.10. The van der Waals surface area contributed by atoms with Gasteiger partial charge in [-0.25, -0.2) is 0 Å². The second kappa shape index (κ2) is 5.35. The van der Waals surface area contributed by atoms with Gasteiger partial charge in [-0.05, 0) is 25.1 Å². The van der Waals surface area contributed by atoms with Crippen molar-refractivity contribution in [3.8, 4) is 0 Å². The molecule has 1 amide bonds. The number of aryl methyl sites for hydroxylation is 1. The molecule has 0 saturated heterocycles. The Balaban J connectivity index is 1.91. The number of carbonyl (C=O) groups is 1. The van der Waals surface area contributed by atoms with E-state index < -0.39 is 0 Å². The molecule has 18 heavy (non-hydrogen) atoms. The number of carbonyl (C=O) groups excluding carboxylic acids is 1. The topological polar surface area (TPSA) is 60.1 Å². The monoisotopic (exact) mass is 245 g/mol. The molecule has 5 nitrogen and oxygen atoms in total. The van der Waals surface area contributed by atoms with Gasteiger partial charge < -0.3 is 9.73 Å². The molecule has 1 N–H and O–H groups in total. The number of nitrogens with one attached hydrogen (secondary N) is 1. The number of rotatable bonds is 4. The van der Waals surface area contributed by atoms with E-state index in [1.807, 2.05) is 26.2 Å². The van der Waals surface area contributed by atoms with E-state index >= 15 is 0 Å². The molecule has 0 bridgehead atoms. The van der Waals surface area contributed by atoms with Crippen LogP contribution in [0.25, 0.3) is 6.08 Å². The zero-order chi connectivity index (χ0) is 13.0. The fourth-order valence-corrected chi connectivity index (χ4v) is 1.57. The molecule has 0 aromatic carbocycles. The number of furan rings is 1. The third-order valence-corrected chi connectivity index (χ3v) is 2.48. The maximum absolute atomic E-state index is 11.7. The molecule has 0 saturated carbocycles. The molecule has 0 aliphatic rings. The lowest BCUT2D eigenvalue weighted by Crippen LogP contribution is -2.24. The van der Waals surface area contributed by atoms with Gasteiger partial charge in [-0.1, -0.05) is 0 Å². The minimum absolute atomic E-state index is 0.147. The van der Waals surface area contributed by atoms with Crippen molar-refractivity contribution in [3.63, 3.8) is 0 Å². The molecule has 2 heterocycles. The quantitative estimate of drug-likeness (QED) is 0.837. The van der Waals surface area contributed by atoms with Crippen molar-refractivity contribution in [1.82, 2.24) is 15.1 Å². The third-order valence-electron chi connectivity index (χ3n) is 2.48. The molecular formula is C13H15N3O2. The van der Waals surface area contributed by atoms with E-state index in [0.29, 0.717) is 0 Å². The summed E-state index contributed by atoms with van der Waals surface area (Å²) in [4.78, 5) is 11.7. The lowest BCUT2D eigenvalue weighted by molar-refractivity contribution is -0.117. The largest absolute Gasteiger partial charge is 0.467 e. The van der Waals surface area contributed by atoms with E-state index in [-0.39, 0.29) is 11.9 Å². The van der Waals surface area contributed by atoms with Crippen LogP contribution in [0.2, 0.25) is 0 Å². The average molecular weight is 245 g/mol. The van der Waals surface area contributed by atoms with Gasteiger partial charge in [0.05, 0.1) is 18.5 Å². The van der Waals surface area contributed by atoms with Crippen molar-refractivity contribution in [2.24, 2.45) is 7.05 Å². The number of hydrogen-bond acceptors (Lipinski definition) is 3. The zero-order valence-electron chi connectivity index (χ0n) is 10.3. The van der Waals surface area contributed by atoms with Crippen LogP contribution in [0.15, 0.2) is 41.3 Å². The highest BCUT2D eigenvalue weighted by atomic mass is 16.3. The van der Waals surface area contributed by atoms with Crippen LogP contribution in [-0.2, 0) is 11.8 Å². The Bertz CT molecular complexity index is 540. The normalized spacial score (nSPS) is 12.8. The highest BCUT2D eigenvalue weighted by Crippen LogP contribution is 2.11. The molecule has 2 aromatic heterocycles. The molecule has 0 aliphatic heterocycles. The number of hydrogen-bond donors (Lipinski definition) is 1. The first kappa shape index (κ1) is 12.2. The first-order valence-electron chi connectivity index (χ1n) is 5.66. The Morgan fingerprint density at radius 1 is 1.61 bits per heavy atom. The van der Waals surface area contributed by atoms with E-state index in [1.165, 1.54) is 6.08 Å². The summed E-state index contributed by atoms with van der Waals surface area (Å²) >= 11 is 0.